The number of para-hydroxylation sites is 1. The van der Waals surface area contributed by atoms with Gasteiger partial charge in [-0.25, -0.2) is 9.40 Å². The highest BCUT2D eigenvalue weighted by Gasteiger charge is 2.40. The van der Waals surface area contributed by atoms with E-state index < -0.39 is 0 Å². The highest BCUT2D eigenvalue weighted by atomic mass is 19.1. The molecule has 134 valence electrons. The molecule has 3 aromatic rings. The molecule has 0 fully saturated rings. The van der Waals surface area contributed by atoms with Crippen molar-refractivity contribution in [2.75, 3.05) is 0 Å². The van der Waals surface area contributed by atoms with Crippen molar-refractivity contribution in [1.29, 1.82) is 0 Å². The van der Waals surface area contributed by atoms with Crippen molar-refractivity contribution in [3.63, 3.8) is 0 Å². The molecule has 3 aromatic carbocycles. The van der Waals surface area contributed by atoms with Crippen LogP contribution in [0.1, 0.15) is 35.4 Å². The van der Waals surface area contributed by atoms with Crippen molar-refractivity contribution in [2.45, 2.75) is 18.7 Å². The molecule has 2 aliphatic rings. The molecule has 5 rings (SSSR count). The van der Waals surface area contributed by atoms with Gasteiger partial charge in [-0.3, -0.25) is 0 Å². The number of hydrogen-bond acceptors (Lipinski definition) is 4. The number of fused-ring (bicyclic) bond motifs is 3. The van der Waals surface area contributed by atoms with E-state index in [2.05, 4.69) is 6.07 Å². The van der Waals surface area contributed by atoms with E-state index in [1.54, 1.807) is 24.3 Å². The van der Waals surface area contributed by atoms with Crippen LogP contribution in [0.4, 0.5) is 4.39 Å². The molecule has 1 N–H and O–H groups in total. The minimum atomic E-state index is -0.386. The molecule has 2 unspecified atom stereocenters. The minimum absolute atomic E-state index is 0.0498. The molecule has 0 aliphatic carbocycles. The number of benzene rings is 3. The highest BCUT2D eigenvalue weighted by molar-refractivity contribution is 6.01. The first-order valence-corrected chi connectivity index (χ1v) is 8.85. The fraction of sp³-hybridized carbons (Fsp3) is 0.136. The lowest BCUT2D eigenvalue weighted by molar-refractivity contribution is -0.0190. The molecule has 0 aromatic heterocycles. The maximum Gasteiger partial charge on any atom is 0.213 e. The summed E-state index contributed by atoms with van der Waals surface area (Å²) < 4.78 is 19.5. The molecule has 0 spiro atoms. The molecule has 0 saturated heterocycles. The predicted octanol–water partition coefficient (Wildman–Crippen LogP) is 4.77. The van der Waals surface area contributed by atoms with Gasteiger partial charge >= 0.3 is 0 Å². The number of rotatable bonds is 2. The Morgan fingerprint density at radius 2 is 1.70 bits per heavy atom. The average Bonchev–Trinajstić information content (AvgIpc) is 3.14. The van der Waals surface area contributed by atoms with Crippen LogP contribution in [-0.4, -0.2) is 15.8 Å². The fourth-order valence-electron chi connectivity index (χ4n) is 3.71. The van der Waals surface area contributed by atoms with E-state index >= 15 is 0 Å². The monoisotopic (exact) mass is 360 g/mol. The Kier molecular flexibility index (Phi) is 3.60. The van der Waals surface area contributed by atoms with Crippen LogP contribution in [0.3, 0.4) is 0 Å². The van der Waals surface area contributed by atoms with Gasteiger partial charge in [0.1, 0.15) is 17.3 Å². The van der Waals surface area contributed by atoms with Crippen LogP contribution in [0, 0.1) is 5.82 Å². The van der Waals surface area contributed by atoms with Gasteiger partial charge in [0.15, 0.2) is 0 Å². The summed E-state index contributed by atoms with van der Waals surface area (Å²) in [4.78, 5) is 0. The SMILES string of the molecule is Oc1ccc(C2Oc3ccccc3C3CC(c4ccc(F)cc4)=NN32)cc1. The molecule has 27 heavy (non-hydrogen) atoms. The van der Waals surface area contributed by atoms with Gasteiger partial charge in [-0.05, 0) is 48.0 Å². The molecule has 2 atom stereocenters. The first kappa shape index (κ1) is 15.9. The van der Waals surface area contributed by atoms with E-state index in [1.807, 2.05) is 35.3 Å². The Balaban J connectivity index is 1.58. The van der Waals surface area contributed by atoms with Gasteiger partial charge in [0.25, 0.3) is 0 Å². The van der Waals surface area contributed by atoms with Crippen LogP contribution < -0.4 is 4.74 Å². The van der Waals surface area contributed by atoms with Gasteiger partial charge < -0.3 is 9.84 Å². The summed E-state index contributed by atoms with van der Waals surface area (Å²) in [5.41, 5.74) is 3.82. The molecule has 4 nitrogen and oxygen atoms in total. The second kappa shape index (κ2) is 6.13. The number of aromatic hydroxyl groups is 1. The molecule has 2 aliphatic heterocycles. The molecule has 2 heterocycles. The largest absolute Gasteiger partial charge is 0.508 e. The van der Waals surface area contributed by atoms with Crippen LogP contribution in [0.25, 0.3) is 0 Å². The lowest BCUT2D eigenvalue weighted by atomic mass is 9.96. The third kappa shape index (κ3) is 2.72. The smallest absolute Gasteiger partial charge is 0.213 e. The molecule has 0 amide bonds. The summed E-state index contributed by atoms with van der Waals surface area (Å²) in [6, 6.07) is 21.4. The number of ether oxygens (including phenoxy) is 1. The zero-order valence-corrected chi connectivity index (χ0v) is 14.4. The van der Waals surface area contributed by atoms with Crippen molar-refractivity contribution in [1.82, 2.24) is 5.01 Å². The van der Waals surface area contributed by atoms with Crippen molar-refractivity contribution in [3.8, 4) is 11.5 Å². The lowest BCUT2D eigenvalue weighted by Gasteiger charge is -2.38. The first-order valence-electron chi connectivity index (χ1n) is 8.85. The zero-order chi connectivity index (χ0) is 18.4. The Hall–Kier alpha value is -3.34. The Bertz CT molecular complexity index is 1020. The third-order valence-corrected chi connectivity index (χ3v) is 5.05. The summed E-state index contributed by atoms with van der Waals surface area (Å²) in [6.07, 6.45) is 0.337. The zero-order valence-electron chi connectivity index (χ0n) is 14.4. The summed E-state index contributed by atoms with van der Waals surface area (Å²) >= 11 is 0. The van der Waals surface area contributed by atoms with Crippen molar-refractivity contribution in [3.05, 3.63) is 95.3 Å². The minimum Gasteiger partial charge on any atom is -0.508 e. The number of hydrazone groups is 1. The summed E-state index contributed by atoms with van der Waals surface area (Å²) in [5, 5.41) is 16.4. The fourth-order valence-corrected chi connectivity index (χ4v) is 3.71. The van der Waals surface area contributed by atoms with Crippen LogP contribution in [-0.2, 0) is 0 Å². The van der Waals surface area contributed by atoms with Crippen molar-refractivity contribution in [2.24, 2.45) is 5.10 Å². The van der Waals surface area contributed by atoms with Gasteiger partial charge in [0.2, 0.25) is 6.23 Å². The standard InChI is InChI=1S/C22H17FN2O2/c23-16-9-5-14(6-10-16)19-13-20-18-3-1-2-4-21(18)27-22(25(20)24-19)15-7-11-17(26)12-8-15/h1-12,20,22,26H,13H2. The molecular weight excluding hydrogens is 343 g/mol. The number of nitrogens with zero attached hydrogens (tertiary/aromatic N) is 2. The van der Waals surface area contributed by atoms with E-state index in [4.69, 9.17) is 9.84 Å². The molecule has 0 bridgehead atoms. The first-order chi connectivity index (χ1) is 13.2. The topological polar surface area (TPSA) is 45.1 Å². The second-order valence-electron chi connectivity index (χ2n) is 6.75. The summed E-state index contributed by atoms with van der Waals surface area (Å²) in [6.45, 7) is 0. The number of hydrogen-bond donors (Lipinski definition) is 1. The van der Waals surface area contributed by atoms with E-state index in [0.717, 1.165) is 34.6 Å². The maximum absolute atomic E-state index is 13.3. The molecular formula is C22H17FN2O2. The number of halogens is 1. The van der Waals surface area contributed by atoms with E-state index in [9.17, 15) is 9.50 Å². The van der Waals surface area contributed by atoms with Gasteiger partial charge in [-0.2, -0.15) is 5.10 Å². The van der Waals surface area contributed by atoms with Crippen LogP contribution in [0.2, 0.25) is 0 Å². The third-order valence-electron chi connectivity index (χ3n) is 5.05. The van der Waals surface area contributed by atoms with Crippen molar-refractivity contribution >= 4 is 5.71 Å². The van der Waals surface area contributed by atoms with Gasteiger partial charge in [0, 0.05) is 17.5 Å². The van der Waals surface area contributed by atoms with Gasteiger partial charge in [-0.15, -0.1) is 0 Å². The Labute approximate surface area is 156 Å². The van der Waals surface area contributed by atoms with Crippen LogP contribution >= 0.6 is 0 Å². The number of phenols is 1. The van der Waals surface area contributed by atoms with Gasteiger partial charge in [-0.1, -0.05) is 30.3 Å². The molecule has 0 saturated carbocycles. The van der Waals surface area contributed by atoms with E-state index in [1.165, 1.54) is 12.1 Å². The highest BCUT2D eigenvalue weighted by Crippen LogP contribution is 2.47. The van der Waals surface area contributed by atoms with Crippen molar-refractivity contribution < 1.29 is 14.2 Å². The second-order valence-corrected chi connectivity index (χ2v) is 6.75. The van der Waals surface area contributed by atoms with Gasteiger partial charge in [0.05, 0.1) is 11.8 Å². The normalized spacial score (nSPS) is 20.5. The number of phenolic OH excluding ortho intramolecular Hbond substituents is 1. The van der Waals surface area contributed by atoms with E-state index in [-0.39, 0.29) is 23.8 Å². The van der Waals surface area contributed by atoms with Crippen LogP contribution in [0.5, 0.6) is 11.5 Å². The predicted molar refractivity (Wildman–Crippen MR) is 100 cm³/mol. The summed E-state index contributed by atoms with van der Waals surface area (Å²) in [7, 11) is 0. The average molecular weight is 360 g/mol. The summed E-state index contributed by atoms with van der Waals surface area (Å²) in [5.74, 6) is 0.793. The Morgan fingerprint density at radius 3 is 2.48 bits per heavy atom. The molecule has 0 radical (unpaired) electrons. The lowest BCUT2D eigenvalue weighted by Crippen LogP contribution is -2.33. The Morgan fingerprint density at radius 1 is 0.963 bits per heavy atom. The van der Waals surface area contributed by atoms with Crippen LogP contribution in [0.15, 0.2) is 77.9 Å². The molecule has 5 heteroatoms. The van der Waals surface area contributed by atoms with E-state index in [0.29, 0.717) is 0 Å². The maximum atomic E-state index is 13.3. The quantitative estimate of drug-likeness (QED) is 0.716.